The topological polar surface area (TPSA) is 131 Å². The van der Waals surface area contributed by atoms with Crippen molar-refractivity contribution in [2.75, 3.05) is 5.32 Å². The van der Waals surface area contributed by atoms with Crippen LogP contribution in [-0.4, -0.2) is 32.4 Å². The maximum absolute atomic E-state index is 11.4. The summed E-state index contributed by atoms with van der Waals surface area (Å²) in [5.41, 5.74) is 2.06. The molecule has 4 fully saturated rings. The second-order valence-corrected chi connectivity index (χ2v) is 13.2. The van der Waals surface area contributed by atoms with Crippen molar-refractivity contribution in [1.29, 1.82) is 0 Å². The van der Waals surface area contributed by atoms with Gasteiger partial charge < -0.3 is 10.4 Å². The predicted octanol–water partition coefficient (Wildman–Crippen LogP) is 6.83. The SMILES string of the molecule is CC12CCC3C(CCC4C[C@H](Nc5ccc([N+](=O)[O-])c6nonc56)CCC43C)C1CCC2CCCC(=O)O. The van der Waals surface area contributed by atoms with E-state index in [0.29, 0.717) is 40.6 Å². The second-order valence-electron chi connectivity index (χ2n) is 13.2. The van der Waals surface area contributed by atoms with Crippen molar-refractivity contribution in [2.24, 2.45) is 40.4 Å². The molecule has 6 rings (SSSR count). The quantitative estimate of drug-likeness (QED) is 0.298. The molecule has 206 valence electrons. The van der Waals surface area contributed by atoms with Crippen LogP contribution in [0.4, 0.5) is 11.4 Å². The summed E-state index contributed by atoms with van der Waals surface area (Å²) >= 11 is 0. The van der Waals surface area contributed by atoms with Gasteiger partial charge in [0.2, 0.25) is 5.52 Å². The molecule has 1 aromatic carbocycles. The Morgan fingerprint density at radius 2 is 1.84 bits per heavy atom. The normalized spacial score (nSPS) is 38.3. The van der Waals surface area contributed by atoms with Crippen LogP contribution in [0, 0.1) is 50.5 Å². The van der Waals surface area contributed by atoms with Crippen LogP contribution in [0.3, 0.4) is 0 Å². The number of carboxylic acids is 1. The summed E-state index contributed by atoms with van der Waals surface area (Å²) in [5.74, 6) is 3.07. The first-order valence-electron chi connectivity index (χ1n) is 14.6. The number of benzene rings is 1. The summed E-state index contributed by atoms with van der Waals surface area (Å²) in [5, 5.41) is 31.9. The number of anilines is 1. The van der Waals surface area contributed by atoms with Crippen molar-refractivity contribution in [3.63, 3.8) is 0 Å². The molecule has 4 saturated carbocycles. The van der Waals surface area contributed by atoms with Crippen LogP contribution in [0.1, 0.15) is 90.9 Å². The van der Waals surface area contributed by atoms with E-state index < -0.39 is 10.9 Å². The van der Waals surface area contributed by atoms with Gasteiger partial charge in [-0.2, -0.15) is 0 Å². The standard InChI is InChI=1S/C29H40N4O5/c1-28-15-13-22-20(21(28)9-7-17(28)4-3-5-25(34)35)8-6-18-16-19(12-14-29(18,22)2)30-23-10-11-24(33(36)37)27-26(23)31-38-32-27/h10-11,17-22,30H,3-9,12-16H2,1-2H3,(H,34,35)/t17?,18?,19-,20?,21?,22?,28?,29?/m1/s1. The van der Waals surface area contributed by atoms with Gasteiger partial charge in [-0.25, -0.2) is 4.63 Å². The van der Waals surface area contributed by atoms with E-state index in [1.54, 1.807) is 6.07 Å². The van der Waals surface area contributed by atoms with Crippen molar-refractivity contribution in [3.05, 3.63) is 22.2 Å². The molecule has 0 spiro atoms. The molecule has 4 aliphatic rings. The molecule has 9 heteroatoms. The number of nitro benzene ring substituents is 1. The number of nitrogens with one attached hydrogen (secondary N) is 1. The van der Waals surface area contributed by atoms with Gasteiger partial charge in [-0.1, -0.05) is 13.8 Å². The molecule has 1 aromatic heterocycles. The molecule has 0 aliphatic heterocycles. The van der Waals surface area contributed by atoms with Gasteiger partial charge in [0.05, 0.1) is 10.6 Å². The van der Waals surface area contributed by atoms with Gasteiger partial charge >= 0.3 is 11.7 Å². The van der Waals surface area contributed by atoms with E-state index >= 15 is 0 Å². The fourth-order valence-corrected chi connectivity index (χ4v) is 9.81. The van der Waals surface area contributed by atoms with E-state index in [4.69, 9.17) is 9.74 Å². The molecule has 9 nitrogen and oxygen atoms in total. The highest BCUT2D eigenvalue weighted by Crippen LogP contribution is 2.68. The van der Waals surface area contributed by atoms with E-state index in [1.165, 1.54) is 51.0 Å². The average Bonchev–Trinajstić information content (AvgIpc) is 3.49. The molecule has 2 aromatic rings. The first kappa shape index (κ1) is 25.6. The Labute approximate surface area is 223 Å². The molecule has 1 heterocycles. The molecule has 0 saturated heterocycles. The number of rotatable bonds is 7. The maximum Gasteiger partial charge on any atom is 0.303 e. The Bertz CT molecular complexity index is 1230. The van der Waals surface area contributed by atoms with E-state index in [9.17, 15) is 14.9 Å². The Hall–Kier alpha value is -2.71. The number of hydrogen-bond donors (Lipinski definition) is 2. The number of non-ortho nitro benzene ring substituents is 1. The van der Waals surface area contributed by atoms with Crippen molar-refractivity contribution in [1.82, 2.24) is 10.3 Å². The number of carbonyl (C=O) groups is 1. The third-order valence-corrected chi connectivity index (χ3v) is 11.8. The van der Waals surface area contributed by atoms with Gasteiger partial charge in [-0.15, -0.1) is 0 Å². The lowest BCUT2D eigenvalue weighted by Gasteiger charge is -2.61. The first-order valence-corrected chi connectivity index (χ1v) is 14.6. The zero-order chi connectivity index (χ0) is 26.7. The van der Waals surface area contributed by atoms with Gasteiger partial charge in [-0.3, -0.25) is 14.9 Å². The molecule has 38 heavy (non-hydrogen) atoms. The molecule has 0 amide bonds. The Kier molecular flexibility index (Phi) is 6.38. The molecule has 2 N–H and O–H groups in total. The Morgan fingerprint density at radius 3 is 2.63 bits per heavy atom. The van der Waals surface area contributed by atoms with Crippen molar-refractivity contribution in [2.45, 2.75) is 96.9 Å². The van der Waals surface area contributed by atoms with Gasteiger partial charge in [-0.05, 0) is 127 Å². The third-order valence-electron chi connectivity index (χ3n) is 11.8. The second kappa shape index (κ2) is 9.49. The highest BCUT2D eigenvalue weighted by Gasteiger charge is 2.59. The van der Waals surface area contributed by atoms with Gasteiger partial charge in [0.25, 0.3) is 0 Å². The van der Waals surface area contributed by atoms with E-state index in [2.05, 4.69) is 29.5 Å². The van der Waals surface area contributed by atoms with Crippen LogP contribution in [0.25, 0.3) is 11.0 Å². The highest BCUT2D eigenvalue weighted by atomic mass is 16.6. The van der Waals surface area contributed by atoms with Crippen molar-refractivity contribution < 1.29 is 19.5 Å². The molecule has 7 unspecified atom stereocenters. The monoisotopic (exact) mass is 524 g/mol. The Morgan fingerprint density at radius 1 is 1.08 bits per heavy atom. The number of carboxylic acid groups (broad SMARTS) is 1. The van der Waals surface area contributed by atoms with Crippen LogP contribution >= 0.6 is 0 Å². The number of aliphatic carboxylic acids is 1. The smallest absolute Gasteiger partial charge is 0.303 e. The van der Waals surface area contributed by atoms with Crippen molar-refractivity contribution in [3.8, 4) is 0 Å². The van der Waals surface area contributed by atoms with Crippen LogP contribution in [0.5, 0.6) is 0 Å². The lowest BCUT2D eigenvalue weighted by Crippen LogP contribution is -2.54. The lowest BCUT2D eigenvalue weighted by molar-refractivity contribution is -0.383. The summed E-state index contributed by atoms with van der Waals surface area (Å²) in [6, 6.07) is 3.54. The predicted molar refractivity (Wildman–Crippen MR) is 143 cm³/mol. The van der Waals surface area contributed by atoms with Crippen LogP contribution in [0.15, 0.2) is 16.8 Å². The third kappa shape index (κ3) is 4.08. The van der Waals surface area contributed by atoms with Crippen LogP contribution in [0.2, 0.25) is 0 Å². The lowest BCUT2D eigenvalue weighted by atomic mass is 9.44. The number of aromatic nitrogens is 2. The number of nitro groups is 1. The summed E-state index contributed by atoms with van der Waals surface area (Å²) < 4.78 is 4.86. The van der Waals surface area contributed by atoms with Crippen LogP contribution < -0.4 is 5.32 Å². The molecule has 4 aliphatic carbocycles. The van der Waals surface area contributed by atoms with Gasteiger partial charge in [0, 0.05) is 18.5 Å². The first-order chi connectivity index (χ1) is 18.2. The molecule has 8 atom stereocenters. The fourth-order valence-electron chi connectivity index (χ4n) is 9.81. The minimum Gasteiger partial charge on any atom is -0.481 e. The average molecular weight is 525 g/mol. The molecule has 0 radical (unpaired) electrons. The van der Waals surface area contributed by atoms with E-state index in [1.807, 2.05) is 0 Å². The van der Waals surface area contributed by atoms with Gasteiger partial charge in [0.15, 0.2) is 5.52 Å². The summed E-state index contributed by atoms with van der Waals surface area (Å²) in [4.78, 5) is 22.0. The number of nitrogens with zero attached hydrogens (tertiary/aromatic N) is 3. The largest absolute Gasteiger partial charge is 0.481 e. The summed E-state index contributed by atoms with van der Waals surface area (Å²) in [6.07, 6.45) is 13.4. The van der Waals surface area contributed by atoms with Crippen molar-refractivity contribution >= 4 is 28.4 Å². The Balaban J connectivity index is 1.14. The number of fused-ring (bicyclic) bond motifs is 6. The minimum absolute atomic E-state index is 0.0818. The summed E-state index contributed by atoms with van der Waals surface area (Å²) in [7, 11) is 0. The minimum atomic E-state index is -0.666. The summed E-state index contributed by atoms with van der Waals surface area (Å²) in [6.45, 7) is 5.10. The van der Waals surface area contributed by atoms with E-state index in [-0.39, 0.29) is 11.2 Å². The van der Waals surface area contributed by atoms with Gasteiger partial charge in [0.1, 0.15) is 0 Å². The zero-order valence-corrected chi connectivity index (χ0v) is 22.5. The molecule has 0 bridgehead atoms. The molecular formula is C29H40N4O5. The maximum atomic E-state index is 11.4. The fraction of sp³-hybridized carbons (Fsp3) is 0.759. The highest BCUT2D eigenvalue weighted by molar-refractivity contribution is 5.93. The molecular weight excluding hydrogens is 484 g/mol. The van der Waals surface area contributed by atoms with E-state index in [0.717, 1.165) is 49.1 Å². The number of hydrogen-bond acceptors (Lipinski definition) is 7. The van der Waals surface area contributed by atoms with Crippen LogP contribution in [-0.2, 0) is 4.79 Å². The zero-order valence-electron chi connectivity index (χ0n) is 22.5.